The third-order valence-electron chi connectivity index (χ3n) is 3.48. The molecule has 3 heterocycles. The topological polar surface area (TPSA) is 59.2 Å². The lowest BCUT2D eigenvalue weighted by Crippen LogP contribution is -2.46. The molecule has 2 aromatic rings. The van der Waals surface area contributed by atoms with Crippen LogP contribution in [0.5, 0.6) is 0 Å². The van der Waals surface area contributed by atoms with Crippen LogP contribution in [0.1, 0.15) is 18.5 Å². The maximum absolute atomic E-state index is 12.3. The van der Waals surface area contributed by atoms with E-state index in [4.69, 9.17) is 17.3 Å². The van der Waals surface area contributed by atoms with E-state index in [1.54, 1.807) is 11.3 Å². The van der Waals surface area contributed by atoms with Gasteiger partial charge in [0, 0.05) is 24.5 Å². The minimum atomic E-state index is 0. The van der Waals surface area contributed by atoms with E-state index in [2.05, 4.69) is 4.98 Å². The van der Waals surface area contributed by atoms with Gasteiger partial charge in [-0.3, -0.25) is 4.79 Å². The summed E-state index contributed by atoms with van der Waals surface area (Å²) in [7, 11) is 0. The van der Waals surface area contributed by atoms with Crippen molar-refractivity contribution in [2.75, 3.05) is 13.1 Å². The number of carbonyl (C=O) groups excluding carboxylic acids is 1. The Balaban J connectivity index is 0.00000132. The van der Waals surface area contributed by atoms with Crippen molar-refractivity contribution in [3.63, 3.8) is 0 Å². The second kappa shape index (κ2) is 9.20. The number of aromatic nitrogens is 1. The maximum Gasteiger partial charge on any atom is 0.228 e. The molecule has 23 heavy (non-hydrogen) atoms. The second-order valence-electron chi connectivity index (χ2n) is 5.17. The minimum absolute atomic E-state index is 0. The molecule has 1 fully saturated rings. The van der Waals surface area contributed by atoms with Crippen LogP contribution in [0.3, 0.4) is 0 Å². The molecule has 2 N–H and O–H groups in total. The van der Waals surface area contributed by atoms with Gasteiger partial charge in [-0.1, -0.05) is 11.6 Å². The third-order valence-corrected chi connectivity index (χ3v) is 5.77. The number of thiazole rings is 1. The van der Waals surface area contributed by atoms with E-state index in [0.717, 1.165) is 39.3 Å². The Hall–Kier alpha value is -0.370. The van der Waals surface area contributed by atoms with Gasteiger partial charge in [-0.05, 0) is 25.0 Å². The van der Waals surface area contributed by atoms with E-state index in [0.29, 0.717) is 13.0 Å². The van der Waals surface area contributed by atoms with Crippen molar-refractivity contribution in [1.29, 1.82) is 0 Å². The fraction of sp³-hybridized carbons (Fsp3) is 0.429. The summed E-state index contributed by atoms with van der Waals surface area (Å²) in [5.74, 6) is 0.117. The second-order valence-corrected chi connectivity index (χ2v) is 7.74. The number of nitrogens with two attached hydrogens (primary N) is 1. The number of hydrogen-bond acceptors (Lipinski definition) is 5. The Morgan fingerprint density at radius 1 is 1.43 bits per heavy atom. The predicted molar refractivity (Wildman–Crippen MR) is 102 cm³/mol. The molecule has 1 amide bonds. The van der Waals surface area contributed by atoms with Crippen molar-refractivity contribution in [2.45, 2.75) is 25.3 Å². The van der Waals surface area contributed by atoms with Crippen LogP contribution in [-0.4, -0.2) is 34.9 Å². The third kappa shape index (κ3) is 5.31. The van der Waals surface area contributed by atoms with Gasteiger partial charge in [0.2, 0.25) is 5.91 Å². The average molecular weight is 415 g/mol. The summed E-state index contributed by atoms with van der Waals surface area (Å²) < 4.78 is 0.750. The molecule has 9 heteroatoms. The molecule has 3 rings (SSSR count). The highest BCUT2D eigenvalue weighted by Gasteiger charge is 2.22. The molecule has 128 valence electrons. The Bertz CT molecular complexity index is 647. The van der Waals surface area contributed by atoms with Crippen molar-refractivity contribution in [2.24, 2.45) is 5.73 Å². The van der Waals surface area contributed by atoms with Crippen molar-refractivity contribution in [3.8, 4) is 9.88 Å². The molecular weight excluding hydrogens is 397 g/mol. The first kappa shape index (κ1) is 20.7. The smallest absolute Gasteiger partial charge is 0.228 e. The van der Waals surface area contributed by atoms with Gasteiger partial charge in [0.05, 0.1) is 21.3 Å². The molecule has 4 nitrogen and oxygen atoms in total. The number of rotatable bonds is 3. The van der Waals surface area contributed by atoms with Crippen molar-refractivity contribution in [1.82, 2.24) is 9.88 Å². The molecule has 0 spiro atoms. The van der Waals surface area contributed by atoms with E-state index in [1.807, 2.05) is 22.4 Å². The van der Waals surface area contributed by atoms with Crippen LogP contribution >= 0.6 is 59.1 Å². The molecule has 0 saturated carbocycles. The van der Waals surface area contributed by atoms with E-state index in [9.17, 15) is 4.79 Å². The summed E-state index contributed by atoms with van der Waals surface area (Å²) in [4.78, 5) is 19.7. The number of thiophene rings is 1. The van der Waals surface area contributed by atoms with Gasteiger partial charge in [0.15, 0.2) is 0 Å². The van der Waals surface area contributed by atoms with Gasteiger partial charge in [-0.2, -0.15) is 0 Å². The molecule has 0 aromatic carbocycles. The quantitative estimate of drug-likeness (QED) is 0.829. The lowest BCUT2D eigenvalue weighted by molar-refractivity contribution is -0.131. The predicted octanol–water partition coefficient (Wildman–Crippen LogP) is 3.86. The normalized spacial score (nSPS) is 17.3. The number of nitrogens with zero attached hydrogens (tertiary/aromatic N) is 2. The first-order valence-corrected chi connectivity index (χ1v) is 8.92. The largest absolute Gasteiger partial charge is 0.341 e. The highest BCUT2D eigenvalue weighted by atomic mass is 35.5. The fourth-order valence-corrected chi connectivity index (χ4v) is 4.37. The molecule has 0 bridgehead atoms. The standard InChI is InChI=1S/C14H16ClN3OS2.2ClH/c15-12-4-3-11(21-12)14-17-10(8-20-14)6-13(19)18-5-1-2-9(16)7-18;;/h3-4,8-9H,1-2,5-7,16H2;2*1H. The Morgan fingerprint density at radius 2 is 2.22 bits per heavy atom. The van der Waals surface area contributed by atoms with Crippen LogP contribution in [0.2, 0.25) is 4.34 Å². The molecule has 1 aliphatic rings. The summed E-state index contributed by atoms with van der Waals surface area (Å²) in [5, 5.41) is 2.87. The van der Waals surface area contributed by atoms with Gasteiger partial charge in [-0.25, -0.2) is 4.98 Å². The van der Waals surface area contributed by atoms with Gasteiger partial charge in [-0.15, -0.1) is 47.5 Å². The van der Waals surface area contributed by atoms with E-state index in [1.165, 1.54) is 11.3 Å². The summed E-state index contributed by atoms with van der Waals surface area (Å²) in [6.07, 6.45) is 2.34. The molecule has 2 aromatic heterocycles. The molecule has 1 saturated heterocycles. The van der Waals surface area contributed by atoms with Gasteiger partial charge in [0.25, 0.3) is 0 Å². The Kier molecular flexibility index (Phi) is 8.27. The van der Waals surface area contributed by atoms with Crippen LogP contribution in [0.25, 0.3) is 9.88 Å². The van der Waals surface area contributed by atoms with Crippen LogP contribution < -0.4 is 5.73 Å². The summed E-state index contributed by atoms with van der Waals surface area (Å²) in [6.45, 7) is 1.47. The number of hydrogen-bond donors (Lipinski definition) is 1. The summed E-state index contributed by atoms with van der Waals surface area (Å²) in [6, 6.07) is 3.94. The molecule has 1 unspecified atom stereocenters. The molecular formula is C14H18Cl3N3OS2. The zero-order chi connectivity index (χ0) is 14.8. The zero-order valence-corrected chi connectivity index (χ0v) is 16.3. The van der Waals surface area contributed by atoms with Gasteiger partial charge >= 0.3 is 0 Å². The van der Waals surface area contributed by atoms with Crippen molar-refractivity contribution < 1.29 is 4.79 Å². The monoisotopic (exact) mass is 413 g/mol. The Labute approximate surface area is 160 Å². The molecule has 0 aliphatic carbocycles. The number of carbonyl (C=O) groups is 1. The van der Waals surface area contributed by atoms with Gasteiger partial charge < -0.3 is 10.6 Å². The lowest BCUT2D eigenvalue weighted by atomic mass is 10.1. The average Bonchev–Trinajstić information content (AvgIpc) is 3.07. The number of likely N-dealkylation sites (tertiary alicyclic amines) is 1. The first-order chi connectivity index (χ1) is 10.1. The highest BCUT2D eigenvalue weighted by Crippen LogP contribution is 2.33. The van der Waals surface area contributed by atoms with Crippen LogP contribution in [0.4, 0.5) is 0 Å². The summed E-state index contributed by atoms with van der Waals surface area (Å²) in [5.41, 5.74) is 6.74. The maximum atomic E-state index is 12.3. The van der Waals surface area contributed by atoms with E-state index in [-0.39, 0.29) is 36.8 Å². The molecule has 0 radical (unpaired) electrons. The fourth-order valence-electron chi connectivity index (χ4n) is 2.43. The first-order valence-electron chi connectivity index (χ1n) is 6.85. The highest BCUT2D eigenvalue weighted by molar-refractivity contribution is 7.23. The van der Waals surface area contributed by atoms with E-state index < -0.39 is 0 Å². The molecule has 1 aliphatic heterocycles. The van der Waals surface area contributed by atoms with Crippen LogP contribution in [0, 0.1) is 0 Å². The number of amides is 1. The SMILES string of the molecule is Cl.Cl.NC1CCCN(C(=O)Cc2csc(-c3ccc(Cl)s3)n2)C1. The Morgan fingerprint density at radius 3 is 2.87 bits per heavy atom. The summed E-state index contributed by atoms with van der Waals surface area (Å²) >= 11 is 8.99. The lowest BCUT2D eigenvalue weighted by Gasteiger charge is -2.30. The zero-order valence-electron chi connectivity index (χ0n) is 12.2. The van der Waals surface area contributed by atoms with Crippen LogP contribution in [0.15, 0.2) is 17.5 Å². The van der Waals surface area contributed by atoms with Crippen molar-refractivity contribution in [3.05, 3.63) is 27.5 Å². The van der Waals surface area contributed by atoms with E-state index >= 15 is 0 Å². The molecule has 1 atom stereocenters. The number of piperidine rings is 1. The number of halogens is 3. The van der Waals surface area contributed by atoms with Crippen molar-refractivity contribution >= 4 is 65.0 Å². The minimum Gasteiger partial charge on any atom is -0.341 e. The van der Waals surface area contributed by atoms with Crippen LogP contribution in [-0.2, 0) is 11.2 Å². The van der Waals surface area contributed by atoms with Gasteiger partial charge in [0.1, 0.15) is 5.01 Å².